The first-order chi connectivity index (χ1) is 10.5. The van der Waals surface area contributed by atoms with Crippen molar-refractivity contribution in [3.8, 4) is 0 Å². The second-order valence-corrected chi connectivity index (χ2v) is 6.05. The fourth-order valence-corrected chi connectivity index (χ4v) is 2.71. The molecule has 1 atom stereocenters. The van der Waals surface area contributed by atoms with Crippen molar-refractivity contribution in [3.05, 3.63) is 29.3 Å². The maximum absolute atomic E-state index is 11.7. The highest BCUT2D eigenvalue weighted by molar-refractivity contribution is 6.30. The van der Waals surface area contributed by atoms with Gasteiger partial charge in [-0.15, -0.1) is 0 Å². The highest BCUT2D eigenvalue weighted by atomic mass is 35.5. The summed E-state index contributed by atoms with van der Waals surface area (Å²) in [6.45, 7) is 4.45. The summed E-state index contributed by atoms with van der Waals surface area (Å²) in [7, 11) is 0. The van der Waals surface area contributed by atoms with Crippen molar-refractivity contribution in [2.45, 2.75) is 19.8 Å². The molecule has 0 aromatic heterocycles. The Balaban J connectivity index is 1.69. The third-order valence-electron chi connectivity index (χ3n) is 3.79. The van der Waals surface area contributed by atoms with Crippen LogP contribution < -0.4 is 15.5 Å². The fraction of sp³-hybridized carbons (Fsp3) is 0.500. The van der Waals surface area contributed by atoms with Crippen LogP contribution in [0.2, 0.25) is 5.02 Å². The summed E-state index contributed by atoms with van der Waals surface area (Å²) in [5.41, 5.74) is 1.17. The van der Waals surface area contributed by atoms with Gasteiger partial charge in [0, 0.05) is 50.2 Å². The molecule has 1 saturated heterocycles. The first kappa shape index (κ1) is 16.6. The Labute approximate surface area is 136 Å². The Kier molecular flexibility index (Phi) is 6.07. The summed E-state index contributed by atoms with van der Waals surface area (Å²) in [6, 6.07) is 7.84. The van der Waals surface area contributed by atoms with Crippen molar-refractivity contribution in [2.24, 2.45) is 5.92 Å². The number of hydrogen-bond acceptors (Lipinski definition) is 3. The van der Waals surface area contributed by atoms with Crippen LogP contribution in [0.5, 0.6) is 0 Å². The molecule has 5 nitrogen and oxygen atoms in total. The Morgan fingerprint density at radius 3 is 2.68 bits per heavy atom. The van der Waals surface area contributed by atoms with Gasteiger partial charge < -0.3 is 15.5 Å². The third kappa shape index (κ3) is 5.22. The van der Waals surface area contributed by atoms with Crippen molar-refractivity contribution in [1.29, 1.82) is 0 Å². The Hall–Kier alpha value is -1.75. The van der Waals surface area contributed by atoms with Crippen molar-refractivity contribution in [1.82, 2.24) is 10.6 Å². The molecule has 6 heteroatoms. The molecule has 1 aliphatic heterocycles. The SMILES string of the molecule is CC(=O)NCCC(=O)NCC1CCN(c2ccc(Cl)cc2)C1. The van der Waals surface area contributed by atoms with Crippen LogP contribution in [0.3, 0.4) is 0 Å². The van der Waals surface area contributed by atoms with E-state index in [0.717, 1.165) is 24.5 Å². The molecule has 0 aliphatic carbocycles. The van der Waals surface area contributed by atoms with E-state index in [0.29, 0.717) is 25.4 Å². The lowest BCUT2D eigenvalue weighted by molar-refractivity contribution is -0.121. The second-order valence-electron chi connectivity index (χ2n) is 5.61. The van der Waals surface area contributed by atoms with E-state index in [9.17, 15) is 9.59 Å². The van der Waals surface area contributed by atoms with Crippen molar-refractivity contribution >= 4 is 29.1 Å². The molecule has 0 bridgehead atoms. The predicted molar refractivity (Wildman–Crippen MR) is 88.1 cm³/mol. The molecule has 1 aromatic rings. The number of nitrogens with one attached hydrogen (secondary N) is 2. The summed E-state index contributed by atoms with van der Waals surface area (Å²) in [6.07, 6.45) is 1.39. The van der Waals surface area contributed by atoms with Crippen LogP contribution in [-0.2, 0) is 9.59 Å². The van der Waals surface area contributed by atoms with Crippen LogP contribution in [0.4, 0.5) is 5.69 Å². The van der Waals surface area contributed by atoms with Crippen molar-refractivity contribution < 1.29 is 9.59 Å². The molecule has 0 radical (unpaired) electrons. The minimum atomic E-state index is -0.109. The average Bonchev–Trinajstić information content (AvgIpc) is 2.94. The number of anilines is 1. The van der Waals surface area contributed by atoms with E-state index in [2.05, 4.69) is 15.5 Å². The fourth-order valence-electron chi connectivity index (χ4n) is 2.58. The summed E-state index contributed by atoms with van der Waals surface area (Å²) in [4.78, 5) is 24.7. The molecule has 1 aromatic carbocycles. The molecule has 22 heavy (non-hydrogen) atoms. The van der Waals surface area contributed by atoms with Gasteiger partial charge in [-0.3, -0.25) is 9.59 Å². The first-order valence-corrected chi connectivity index (χ1v) is 7.94. The van der Waals surface area contributed by atoms with Gasteiger partial charge in [0.2, 0.25) is 11.8 Å². The number of nitrogens with zero attached hydrogens (tertiary/aromatic N) is 1. The highest BCUT2D eigenvalue weighted by Gasteiger charge is 2.22. The monoisotopic (exact) mass is 323 g/mol. The number of carbonyl (C=O) groups excluding carboxylic acids is 2. The molecular formula is C16H22ClN3O2. The van der Waals surface area contributed by atoms with Gasteiger partial charge in [0.15, 0.2) is 0 Å². The van der Waals surface area contributed by atoms with Crippen molar-refractivity contribution in [3.63, 3.8) is 0 Å². The van der Waals surface area contributed by atoms with Crippen LogP contribution >= 0.6 is 11.6 Å². The Morgan fingerprint density at radius 2 is 2.00 bits per heavy atom. The van der Waals surface area contributed by atoms with Crippen LogP contribution in [0.25, 0.3) is 0 Å². The van der Waals surface area contributed by atoms with Gasteiger partial charge in [0.05, 0.1) is 0 Å². The van der Waals surface area contributed by atoms with E-state index in [1.807, 2.05) is 24.3 Å². The number of hydrogen-bond donors (Lipinski definition) is 2. The molecule has 0 saturated carbocycles. The molecule has 1 heterocycles. The van der Waals surface area contributed by atoms with Gasteiger partial charge in [-0.1, -0.05) is 11.6 Å². The molecule has 2 N–H and O–H groups in total. The molecule has 1 unspecified atom stereocenters. The number of amides is 2. The second kappa shape index (κ2) is 8.03. The zero-order chi connectivity index (χ0) is 15.9. The van der Waals surface area contributed by atoms with Crippen LogP contribution in [0, 0.1) is 5.92 Å². The topological polar surface area (TPSA) is 61.4 Å². The molecule has 0 spiro atoms. The molecule has 2 rings (SSSR count). The Bertz CT molecular complexity index is 519. The molecule has 1 aliphatic rings. The normalized spacial score (nSPS) is 17.4. The van der Waals surface area contributed by atoms with Crippen LogP contribution in [-0.4, -0.2) is 38.0 Å². The van der Waals surface area contributed by atoms with Crippen molar-refractivity contribution in [2.75, 3.05) is 31.1 Å². The highest BCUT2D eigenvalue weighted by Crippen LogP contribution is 2.24. The molecule has 120 valence electrons. The maximum Gasteiger partial charge on any atom is 0.221 e. The lowest BCUT2D eigenvalue weighted by atomic mass is 10.1. The number of benzene rings is 1. The summed E-state index contributed by atoms with van der Waals surface area (Å²) in [5, 5.41) is 6.30. The minimum absolute atomic E-state index is 0.0151. The average molecular weight is 324 g/mol. The number of halogens is 1. The first-order valence-electron chi connectivity index (χ1n) is 7.56. The van der Waals surface area contributed by atoms with Gasteiger partial charge in [-0.2, -0.15) is 0 Å². The number of rotatable bonds is 6. The minimum Gasteiger partial charge on any atom is -0.371 e. The molecule has 1 fully saturated rings. The largest absolute Gasteiger partial charge is 0.371 e. The lowest BCUT2D eigenvalue weighted by Crippen LogP contribution is -2.33. The standard InChI is InChI=1S/C16H22ClN3O2/c1-12(21)18-8-6-16(22)19-10-13-7-9-20(11-13)15-4-2-14(17)3-5-15/h2-5,13H,6-11H2,1H3,(H,18,21)(H,19,22). The van der Waals surface area contributed by atoms with E-state index in [1.54, 1.807) is 0 Å². The molecule has 2 amide bonds. The smallest absolute Gasteiger partial charge is 0.221 e. The van der Waals surface area contributed by atoms with E-state index < -0.39 is 0 Å². The van der Waals surface area contributed by atoms with Gasteiger partial charge in [-0.05, 0) is 36.6 Å². The summed E-state index contributed by atoms with van der Waals surface area (Å²) in [5.74, 6) is 0.335. The predicted octanol–water partition coefficient (Wildman–Crippen LogP) is 1.81. The Morgan fingerprint density at radius 1 is 1.27 bits per heavy atom. The lowest BCUT2D eigenvalue weighted by Gasteiger charge is -2.19. The van der Waals surface area contributed by atoms with E-state index in [-0.39, 0.29) is 11.8 Å². The van der Waals surface area contributed by atoms with E-state index in [4.69, 9.17) is 11.6 Å². The van der Waals surface area contributed by atoms with Crippen LogP contribution in [0.1, 0.15) is 19.8 Å². The quantitative estimate of drug-likeness (QED) is 0.839. The van der Waals surface area contributed by atoms with Gasteiger partial charge >= 0.3 is 0 Å². The van der Waals surface area contributed by atoms with Gasteiger partial charge in [0.25, 0.3) is 0 Å². The summed E-state index contributed by atoms with van der Waals surface area (Å²) < 4.78 is 0. The zero-order valence-corrected chi connectivity index (χ0v) is 13.5. The van der Waals surface area contributed by atoms with E-state index in [1.165, 1.54) is 12.6 Å². The van der Waals surface area contributed by atoms with Gasteiger partial charge in [0.1, 0.15) is 0 Å². The zero-order valence-electron chi connectivity index (χ0n) is 12.8. The maximum atomic E-state index is 11.7. The van der Waals surface area contributed by atoms with Crippen LogP contribution in [0.15, 0.2) is 24.3 Å². The van der Waals surface area contributed by atoms with Gasteiger partial charge in [-0.25, -0.2) is 0 Å². The summed E-state index contributed by atoms with van der Waals surface area (Å²) >= 11 is 5.90. The molecular weight excluding hydrogens is 302 g/mol. The third-order valence-corrected chi connectivity index (χ3v) is 4.04. The number of carbonyl (C=O) groups is 2. The van der Waals surface area contributed by atoms with E-state index >= 15 is 0 Å².